The van der Waals surface area contributed by atoms with E-state index in [1.165, 1.54) is 6.20 Å². The van der Waals surface area contributed by atoms with Crippen LogP contribution in [0.15, 0.2) is 24.8 Å². The number of piperidine rings is 1. The molecule has 0 aliphatic carbocycles. The lowest BCUT2D eigenvalue weighted by Gasteiger charge is -2.38. The van der Waals surface area contributed by atoms with E-state index in [-0.39, 0.29) is 29.6 Å². The third kappa shape index (κ3) is 3.37. The number of anilines is 1. The molecule has 0 bridgehead atoms. The van der Waals surface area contributed by atoms with E-state index in [9.17, 15) is 9.59 Å². The minimum Gasteiger partial charge on any atom is -0.361 e. The van der Waals surface area contributed by atoms with Gasteiger partial charge in [0, 0.05) is 47.0 Å². The van der Waals surface area contributed by atoms with Gasteiger partial charge in [0.05, 0.1) is 18.4 Å². The summed E-state index contributed by atoms with van der Waals surface area (Å²) in [5.41, 5.74) is 0.244. The molecule has 3 heterocycles. The molecule has 0 saturated carbocycles. The van der Waals surface area contributed by atoms with Crippen LogP contribution in [0.1, 0.15) is 35.2 Å². The van der Waals surface area contributed by atoms with Crippen LogP contribution >= 0.6 is 0 Å². The monoisotopic (exact) mass is 357 g/mol. The first-order valence-corrected chi connectivity index (χ1v) is 8.41. The van der Waals surface area contributed by atoms with E-state index in [4.69, 9.17) is 0 Å². The molecule has 9 heteroatoms. The summed E-state index contributed by atoms with van der Waals surface area (Å²) in [5.74, 6) is 1.14. The van der Waals surface area contributed by atoms with Crippen molar-refractivity contribution < 1.29 is 9.59 Å². The number of aromatic nitrogens is 4. The van der Waals surface area contributed by atoms with E-state index < -0.39 is 0 Å². The zero-order valence-electron chi connectivity index (χ0n) is 15.4. The van der Waals surface area contributed by atoms with Crippen LogP contribution < -0.4 is 10.2 Å². The summed E-state index contributed by atoms with van der Waals surface area (Å²) in [6.07, 6.45) is 7.46. The average molecular weight is 357 g/mol. The maximum Gasteiger partial charge on any atom is 0.271 e. The highest BCUT2D eigenvalue weighted by molar-refractivity contribution is 5.92. The molecule has 1 fully saturated rings. The molecule has 138 valence electrons. The predicted octanol–water partition coefficient (Wildman–Crippen LogP) is 0.368. The van der Waals surface area contributed by atoms with Gasteiger partial charge in [-0.15, -0.1) is 0 Å². The van der Waals surface area contributed by atoms with Crippen molar-refractivity contribution in [3.8, 4) is 0 Å². The van der Waals surface area contributed by atoms with Gasteiger partial charge in [-0.2, -0.15) is 0 Å². The third-order valence-corrected chi connectivity index (χ3v) is 4.63. The molecule has 1 aliphatic heterocycles. The van der Waals surface area contributed by atoms with Gasteiger partial charge in [-0.3, -0.25) is 9.59 Å². The standard InChI is InChI=1S/C17H23N7O2/c1-22(2)13-10-19-12(9-20-13)17(26)21-11-5-6-14(25)24(4)15(11)16-18-7-8-23(16)3/h7-11,15H,5-6H2,1-4H3,(H,21,26)/t11-,15-/m1/s1. The second kappa shape index (κ2) is 7.11. The maximum atomic E-state index is 12.6. The van der Waals surface area contributed by atoms with Gasteiger partial charge in [-0.05, 0) is 6.42 Å². The molecule has 3 rings (SSSR count). The largest absolute Gasteiger partial charge is 0.361 e. The number of aryl methyl sites for hydroxylation is 1. The van der Waals surface area contributed by atoms with Gasteiger partial charge in [0.15, 0.2) is 0 Å². The Kier molecular flexibility index (Phi) is 4.88. The number of imidazole rings is 1. The molecule has 2 aromatic rings. The summed E-state index contributed by atoms with van der Waals surface area (Å²) in [4.78, 5) is 41.0. The molecule has 1 N–H and O–H groups in total. The predicted molar refractivity (Wildman–Crippen MR) is 95.6 cm³/mol. The summed E-state index contributed by atoms with van der Waals surface area (Å²) >= 11 is 0. The Morgan fingerprint density at radius 1 is 1.23 bits per heavy atom. The van der Waals surface area contributed by atoms with Crippen LogP contribution in [0.25, 0.3) is 0 Å². The molecular formula is C17H23N7O2. The number of rotatable bonds is 4. The van der Waals surface area contributed by atoms with E-state index in [1.54, 1.807) is 24.3 Å². The molecule has 9 nitrogen and oxygen atoms in total. The Bertz CT molecular complexity index is 800. The SMILES string of the molecule is CN(C)c1cnc(C(=O)N[C@@H]2CCC(=O)N(C)[C@H]2c2nccn2C)cn1. The molecule has 0 spiro atoms. The van der Waals surface area contributed by atoms with Crippen LogP contribution in [0, 0.1) is 0 Å². The van der Waals surface area contributed by atoms with Crippen molar-refractivity contribution in [2.45, 2.75) is 24.9 Å². The summed E-state index contributed by atoms with van der Waals surface area (Å²) in [6, 6.07) is -0.573. The Balaban J connectivity index is 1.81. The van der Waals surface area contributed by atoms with Crippen LogP contribution in [-0.2, 0) is 11.8 Å². The Labute approximate surface area is 152 Å². The van der Waals surface area contributed by atoms with Crippen molar-refractivity contribution in [3.63, 3.8) is 0 Å². The van der Waals surface area contributed by atoms with Crippen molar-refractivity contribution in [2.75, 3.05) is 26.0 Å². The van der Waals surface area contributed by atoms with Crippen LogP contribution in [0.5, 0.6) is 0 Å². The minimum atomic E-state index is -0.325. The summed E-state index contributed by atoms with van der Waals surface area (Å²) in [7, 11) is 7.33. The van der Waals surface area contributed by atoms with Crippen molar-refractivity contribution >= 4 is 17.6 Å². The van der Waals surface area contributed by atoms with Crippen LogP contribution in [-0.4, -0.2) is 63.4 Å². The number of likely N-dealkylation sites (N-methyl/N-ethyl adjacent to an activating group) is 1. The molecule has 2 atom stereocenters. The molecule has 0 aromatic carbocycles. The van der Waals surface area contributed by atoms with Gasteiger partial charge < -0.3 is 19.7 Å². The maximum absolute atomic E-state index is 12.6. The minimum absolute atomic E-state index is 0.0404. The molecule has 2 aromatic heterocycles. The first kappa shape index (κ1) is 17.8. The number of nitrogens with one attached hydrogen (secondary N) is 1. The summed E-state index contributed by atoms with van der Waals surface area (Å²) < 4.78 is 1.87. The molecule has 1 aliphatic rings. The smallest absolute Gasteiger partial charge is 0.271 e. The normalized spacial score (nSPS) is 20.2. The van der Waals surface area contributed by atoms with Crippen molar-refractivity contribution in [1.82, 2.24) is 29.7 Å². The van der Waals surface area contributed by atoms with Crippen LogP contribution in [0.2, 0.25) is 0 Å². The van der Waals surface area contributed by atoms with Gasteiger partial charge in [-0.1, -0.05) is 0 Å². The number of likely N-dealkylation sites (tertiary alicyclic amines) is 1. The second-order valence-corrected chi connectivity index (χ2v) is 6.62. The number of carbonyl (C=O) groups excluding carboxylic acids is 2. The first-order valence-electron chi connectivity index (χ1n) is 8.41. The van der Waals surface area contributed by atoms with E-state index in [0.29, 0.717) is 18.7 Å². The number of nitrogens with zero attached hydrogens (tertiary/aromatic N) is 6. The zero-order valence-corrected chi connectivity index (χ0v) is 15.4. The average Bonchev–Trinajstić information content (AvgIpc) is 3.04. The lowest BCUT2D eigenvalue weighted by Crippen LogP contribution is -2.51. The highest BCUT2D eigenvalue weighted by Crippen LogP contribution is 2.29. The Hall–Kier alpha value is -2.97. The quantitative estimate of drug-likeness (QED) is 0.849. The summed E-state index contributed by atoms with van der Waals surface area (Å²) in [5, 5.41) is 3.00. The molecule has 2 amide bonds. The number of amides is 2. The van der Waals surface area contributed by atoms with Crippen molar-refractivity contribution in [3.05, 3.63) is 36.3 Å². The lowest BCUT2D eigenvalue weighted by molar-refractivity contribution is -0.136. The molecule has 0 unspecified atom stereocenters. The lowest BCUT2D eigenvalue weighted by atomic mass is 9.95. The van der Waals surface area contributed by atoms with Gasteiger partial charge in [0.1, 0.15) is 23.4 Å². The fourth-order valence-corrected chi connectivity index (χ4v) is 3.12. The molecule has 1 saturated heterocycles. The van der Waals surface area contributed by atoms with E-state index >= 15 is 0 Å². The Morgan fingerprint density at radius 2 is 2.00 bits per heavy atom. The topological polar surface area (TPSA) is 96.3 Å². The van der Waals surface area contributed by atoms with Crippen LogP contribution in [0.3, 0.4) is 0 Å². The number of hydrogen-bond acceptors (Lipinski definition) is 6. The van der Waals surface area contributed by atoms with Gasteiger partial charge in [-0.25, -0.2) is 15.0 Å². The fourth-order valence-electron chi connectivity index (χ4n) is 3.12. The summed E-state index contributed by atoms with van der Waals surface area (Å²) in [6.45, 7) is 0. The Morgan fingerprint density at radius 3 is 2.58 bits per heavy atom. The van der Waals surface area contributed by atoms with Gasteiger partial charge in [0.25, 0.3) is 5.91 Å². The van der Waals surface area contributed by atoms with E-state index in [1.807, 2.05) is 36.8 Å². The highest BCUT2D eigenvalue weighted by Gasteiger charge is 2.38. The van der Waals surface area contributed by atoms with Crippen molar-refractivity contribution in [1.29, 1.82) is 0 Å². The third-order valence-electron chi connectivity index (χ3n) is 4.63. The van der Waals surface area contributed by atoms with Crippen LogP contribution in [0.4, 0.5) is 5.82 Å². The van der Waals surface area contributed by atoms with Crippen molar-refractivity contribution in [2.24, 2.45) is 7.05 Å². The van der Waals surface area contributed by atoms with E-state index in [0.717, 1.165) is 5.82 Å². The second-order valence-electron chi connectivity index (χ2n) is 6.62. The van der Waals surface area contributed by atoms with E-state index in [2.05, 4.69) is 20.3 Å². The molecule has 0 radical (unpaired) electrons. The van der Waals surface area contributed by atoms with Gasteiger partial charge >= 0.3 is 0 Å². The molecular weight excluding hydrogens is 334 g/mol. The van der Waals surface area contributed by atoms with Gasteiger partial charge in [0.2, 0.25) is 5.91 Å². The zero-order chi connectivity index (χ0) is 18.8. The number of hydrogen-bond donors (Lipinski definition) is 1. The first-order chi connectivity index (χ1) is 12.4. The fraction of sp³-hybridized carbons (Fsp3) is 0.471. The number of carbonyl (C=O) groups is 2. The highest BCUT2D eigenvalue weighted by atomic mass is 16.2. The molecule has 26 heavy (non-hydrogen) atoms.